The van der Waals surface area contributed by atoms with Gasteiger partial charge in [-0.15, -0.1) is 10.2 Å². The highest BCUT2D eigenvalue weighted by atomic mass is 32.1. The first-order valence-electron chi connectivity index (χ1n) is 11.0. The van der Waals surface area contributed by atoms with E-state index >= 15 is 0 Å². The van der Waals surface area contributed by atoms with Crippen molar-refractivity contribution in [3.05, 3.63) is 74.1 Å². The molecule has 0 N–H and O–H groups in total. The van der Waals surface area contributed by atoms with Gasteiger partial charge < -0.3 is 13.9 Å². The van der Waals surface area contributed by atoms with Crippen molar-refractivity contribution in [2.45, 2.75) is 32.7 Å². The molecule has 1 unspecified atom stereocenters. The van der Waals surface area contributed by atoms with E-state index in [9.17, 15) is 9.59 Å². The molecule has 0 radical (unpaired) electrons. The van der Waals surface area contributed by atoms with E-state index in [1.165, 1.54) is 23.3 Å². The van der Waals surface area contributed by atoms with Gasteiger partial charge in [-0.05, 0) is 36.6 Å². The molecule has 0 saturated carbocycles. The SMILES string of the molecule is CCc1ccc2oc3c(c(=O)c2c1)C(c1cccc(OC)c1OC)N(c1nnc(CC)s1)C3=O. The molecule has 1 atom stereocenters. The Bertz CT molecular complexity index is 1480. The van der Waals surface area contributed by atoms with Crippen molar-refractivity contribution in [3.63, 3.8) is 0 Å². The number of carbonyl (C=O) groups is 1. The molecule has 4 aromatic rings. The molecule has 0 aliphatic carbocycles. The van der Waals surface area contributed by atoms with Crippen molar-refractivity contribution in [2.75, 3.05) is 19.1 Å². The van der Waals surface area contributed by atoms with Gasteiger partial charge in [0.05, 0.1) is 25.2 Å². The maximum Gasteiger partial charge on any atom is 0.297 e. The zero-order chi connectivity index (χ0) is 24.0. The lowest BCUT2D eigenvalue weighted by Crippen LogP contribution is -2.29. The maximum absolute atomic E-state index is 13.9. The summed E-state index contributed by atoms with van der Waals surface area (Å²) in [5.41, 5.74) is 1.98. The van der Waals surface area contributed by atoms with E-state index in [1.54, 1.807) is 25.3 Å². The van der Waals surface area contributed by atoms with E-state index in [-0.39, 0.29) is 16.8 Å². The van der Waals surface area contributed by atoms with Crippen molar-refractivity contribution >= 4 is 33.3 Å². The molecule has 0 spiro atoms. The Morgan fingerprint density at radius 1 is 1.06 bits per heavy atom. The number of para-hydroxylation sites is 1. The molecule has 174 valence electrons. The van der Waals surface area contributed by atoms with Gasteiger partial charge in [-0.2, -0.15) is 0 Å². The van der Waals surface area contributed by atoms with Crippen LogP contribution in [0.2, 0.25) is 0 Å². The lowest BCUT2D eigenvalue weighted by molar-refractivity contribution is 0.0970. The quantitative estimate of drug-likeness (QED) is 0.402. The van der Waals surface area contributed by atoms with Crippen LogP contribution >= 0.6 is 11.3 Å². The minimum atomic E-state index is -0.809. The second kappa shape index (κ2) is 8.57. The number of amides is 1. The van der Waals surface area contributed by atoms with Gasteiger partial charge in [0.15, 0.2) is 16.9 Å². The molecule has 2 aromatic carbocycles. The monoisotopic (exact) mass is 477 g/mol. The highest BCUT2D eigenvalue weighted by Crippen LogP contribution is 2.46. The molecule has 1 aliphatic rings. The van der Waals surface area contributed by atoms with Crippen molar-refractivity contribution in [3.8, 4) is 11.5 Å². The van der Waals surface area contributed by atoms with E-state index in [2.05, 4.69) is 10.2 Å². The number of anilines is 1. The van der Waals surface area contributed by atoms with E-state index in [1.807, 2.05) is 32.0 Å². The molecule has 9 heteroatoms. The van der Waals surface area contributed by atoms with E-state index in [0.717, 1.165) is 17.0 Å². The van der Waals surface area contributed by atoms with Crippen LogP contribution in [0.5, 0.6) is 11.5 Å². The van der Waals surface area contributed by atoms with Crippen LogP contribution < -0.4 is 19.8 Å². The number of aryl methyl sites for hydroxylation is 2. The number of nitrogens with zero attached hydrogens (tertiary/aromatic N) is 3. The Hall–Kier alpha value is -3.72. The molecule has 34 heavy (non-hydrogen) atoms. The fourth-order valence-corrected chi connectivity index (χ4v) is 5.15. The van der Waals surface area contributed by atoms with Crippen LogP contribution in [0.3, 0.4) is 0 Å². The Morgan fingerprint density at radius 2 is 1.88 bits per heavy atom. The molecular formula is C25H23N3O5S. The smallest absolute Gasteiger partial charge is 0.297 e. The minimum Gasteiger partial charge on any atom is -0.493 e. The predicted octanol–water partition coefficient (Wildman–Crippen LogP) is 4.54. The first kappa shape index (κ1) is 22.1. The highest BCUT2D eigenvalue weighted by molar-refractivity contribution is 7.15. The van der Waals surface area contributed by atoms with Crippen molar-refractivity contribution in [2.24, 2.45) is 0 Å². The minimum absolute atomic E-state index is 0.00451. The average Bonchev–Trinajstić information content (AvgIpc) is 3.45. The van der Waals surface area contributed by atoms with Gasteiger partial charge in [-0.25, -0.2) is 0 Å². The van der Waals surface area contributed by atoms with Gasteiger partial charge in [0.1, 0.15) is 16.6 Å². The number of benzene rings is 2. The molecule has 3 heterocycles. The Kier molecular flexibility index (Phi) is 5.57. The fourth-order valence-electron chi connectivity index (χ4n) is 4.34. The van der Waals surface area contributed by atoms with Crippen LogP contribution in [0.25, 0.3) is 11.0 Å². The summed E-state index contributed by atoms with van der Waals surface area (Å²) in [6, 6.07) is 10.0. The largest absolute Gasteiger partial charge is 0.493 e. The maximum atomic E-state index is 13.9. The second-order valence-electron chi connectivity index (χ2n) is 7.85. The number of carbonyl (C=O) groups excluding carboxylic acids is 1. The Morgan fingerprint density at radius 3 is 2.56 bits per heavy atom. The van der Waals surface area contributed by atoms with Gasteiger partial charge in [0, 0.05) is 5.56 Å². The van der Waals surface area contributed by atoms with Crippen LogP contribution in [-0.4, -0.2) is 30.3 Å². The number of aromatic nitrogens is 2. The van der Waals surface area contributed by atoms with Crippen molar-refractivity contribution in [1.82, 2.24) is 10.2 Å². The summed E-state index contributed by atoms with van der Waals surface area (Å²) in [7, 11) is 3.07. The summed E-state index contributed by atoms with van der Waals surface area (Å²) in [6.45, 7) is 3.99. The zero-order valence-electron chi connectivity index (χ0n) is 19.2. The lowest BCUT2D eigenvalue weighted by Gasteiger charge is -2.24. The van der Waals surface area contributed by atoms with Crippen LogP contribution in [0.1, 0.15) is 52.1 Å². The number of hydrogen-bond acceptors (Lipinski definition) is 8. The van der Waals surface area contributed by atoms with E-state index in [4.69, 9.17) is 13.9 Å². The number of hydrogen-bond donors (Lipinski definition) is 0. The first-order chi connectivity index (χ1) is 16.5. The Labute approximate surface area is 199 Å². The van der Waals surface area contributed by atoms with Crippen LogP contribution in [0, 0.1) is 0 Å². The van der Waals surface area contributed by atoms with Crippen molar-refractivity contribution < 1.29 is 18.7 Å². The molecule has 2 aromatic heterocycles. The molecular weight excluding hydrogens is 454 g/mol. The Balaban J connectivity index is 1.84. The number of rotatable bonds is 6. The van der Waals surface area contributed by atoms with Gasteiger partial charge in [-0.1, -0.05) is 43.4 Å². The summed E-state index contributed by atoms with van der Waals surface area (Å²) in [5.74, 6) is 0.487. The highest BCUT2D eigenvalue weighted by Gasteiger charge is 2.46. The third-order valence-corrected chi connectivity index (χ3v) is 7.10. The summed E-state index contributed by atoms with van der Waals surface area (Å²) in [5, 5.41) is 10.1. The van der Waals surface area contributed by atoms with Crippen molar-refractivity contribution in [1.29, 1.82) is 0 Å². The summed E-state index contributed by atoms with van der Waals surface area (Å²) >= 11 is 1.31. The van der Waals surface area contributed by atoms with Crippen LogP contribution in [0.4, 0.5) is 5.13 Å². The van der Waals surface area contributed by atoms with E-state index in [0.29, 0.717) is 39.6 Å². The molecule has 8 nitrogen and oxygen atoms in total. The number of methoxy groups -OCH3 is 2. The molecule has 0 bridgehead atoms. The van der Waals surface area contributed by atoms with E-state index < -0.39 is 11.9 Å². The molecule has 0 saturated heterocycles. The zero-order valence-corrected chi connectivity index (χ0v) is 20.1. The third-order valence-electron chi connectivity index (χ3n) is 6.04. The second-order valence-corrected chi connectivity index (χ2v) is 8.89. The molecule has 5 rings (SSSR count). The van der Waals surface area contributed by atoms with Gasteiger partial charge in [-0.3, -0.25) is 14.5 Å². The predicted molar refractivity (Wildman–Crippen MR) is 129 cm³/mol. The van der Waals surface area contributed by atoms with Gasteiger partial charge in [0.25, 0.3) is 5.91 Å². The van der Waals surface area contributed by atoms with Gasteiger partial charge in [0.2, 0.25) is 10.9 Å². The topological polar surface area (TPSA) is 94.8 Å². The lowest BCUT2D eigenvalue weighted by atomic mass is 9.97. The summed E-state index contributed by atoms with van der Waals surface area (Å²) in [6.07, 6.45) is 1.45. The molecule has 1 amide bonds. The normalized spacial score (nSPS) is 15.1. The summed E-state index contributed by atoms with van der Waals surface area (Å²) < 4.78 is 17.2. The first-order valence-corrected chi connectivity index (χ1v) is 11.8. The number of ether oxygens (including phenoxy) is 2. The standard InChI is InChI=1S/C25H23N3O5S/c1-5-13-10-11-16-15(12-13)21(29)19-20(14-8-7-9-17(31-3)22(14)32-4)28(24(30)23(19)33-16)25-27-26-18(6-2)34-25/h7-12,20H,5-6H2,1-4H3. The average molecular weight is 478 g/mol. The summed E-state index contributed by atoms with van der Waals surface area (Å²) in [4.78, 5) is 29.1. The number of fused-ring (bicyclic) bond motifs is 2. The van der Waals surface area contributed by atoms with Crippen LogP contribution in [0.15, 0.2) is 45.6 Å². The molecule has 0 fully saturated rings. The van der Waals surface area contributed by atoms with Crippen LogP contribution in [-0.2, 0) is 12.8 Å². The molecule has 1 aliphatic heterocycles. The third kappa shape index (κ3) is 3.27. The van der Waals surface area contributed by atoms with Gasteiger partial charge >= 0.3 is 0 Å². The fraction of sp³-hybridized carbons (Fsp3) is 0.280.